The number of para-hydroxylation sites is 1. The molecule has 0 radical (unpaired) electrons. The molecular weight excluding hydrogens is 536 g/mol. The highest BCUT2D eigenvalue weighted by molar-refractivity contribution is 5.99. The largest absolute Gasteiger partial charge is 0.491 e. The summed E-state index contributed by atoms with van der Waals surface area (Å²) in [5.74, 6) is -0.934. The topological polar surface area (TPSA) is 117 Å². The molecule has 10 heteroatoms. The van der Waals surface area contributed by atoms with Gasteiger partial charge in [0.05, 0.1) is 30.4 Å². The van der Waals surface area contributed by atoms with E-state index in [-0.39, 0.29) is 80.0 Å². The zero-order chi connectivity index (χ0) is 30.2. The summed E-state index contributed by atoms with van der Waals surface area (Å²) in [4.78, 5) is 57.4. The summed E-state index contributed by atoms with van der Waals surface area (Å²) in [5, 5.41) is 5.90. The molecule has 0 aliphatic carbocycles. The second-order valence-corrected chi connectivity index (χ2v) is 11.5. The average Bonchev–Trinajstić information content (AvgIpc) is 2.96. The summed E-state index contributed by atoms with van der Waals surface area (Å²) in [5.41, 5.74) is 1.16. The van der Waals surface area contributed by atoms with Crippen molar-refractivity contribution in [2.45, 2.75) is 71.4 Å². The Morgan fingerprint density at radius 2 is 1.62 bits per heavy atom. The van der Waals surface area contributed by atoms with E-state index in [0.717, 1.165) is 5.56 Å². The van der Waals surface area contributed by atoms with Gasteiger partial charge in [0.2, 0.25) is 17.7 Å². The Labute approximate surface area is 247 Å². The number of fused-ring (bicyclic) bond motifs is 1. The zero-order valence-corrected chi connectivity index (χ0v) is 24.9. The first kappa shape index (κ1) is 31.0. The highest BCUT2D eigenvalue weighted by atomic mass is 16.5. The van der Waals surface area contributed by atoms with Crippen LogP contribution in [0.4, 0.5) is 0 Å². The molecule has 2 aliphatic rings. The summed E-state index contributed by atoms with van der Waals surface area (Å²) in [6.45, 7) is 8.75. The van der Waals surface area contributed by atoms with Crippen LogP contribution in [-0.2, 0) is 25.7 Å². The molecule has 0 unspecified atom stereocenters. The van der Waals surface area contributed by atoms with Crippen LogP contribution in [0.15, 0.2) is 54.6 Å². The molecule has 0 spiro atoms. The number of rotatable bonds is 4. The van der Waals surface area contributed by atoms with Crippen molar-refractivity contribution in [3.63, 3.8) is 0 Å². The van der Waals surface area contributed by atoms with Gasteiger partial charge < -0.3 is 29.9 Å². The number of ether oxygens (including phenoxy) is 2. The van der Waals surface area contributed by atoms with Gasteiger partial charge in [0, 0.05) is 26.1 Å². The number of hydrogen-bond acceptors (Lipinski definition) is 6. The normalized spacial score (nSPS) is 24.5. The first-order chi connectivity index (χ1) is 20.1. The van der Waals surface area contributed by atoms with E-state index >= 15 is 0 Å². The minimum absolute atomic E-state index is 0.0298. The van der Waals surface area contributed by atoms with Crippen LogP contribution in [0, 0.1) is 5.92 Å². The van der Waals surface area contributed by atoms with Gasteiger partial charge in [-0.2, -0.15) is 0 Å². The Hall–Kier alpha value is -3.92. The molecule has 2 aromatic carbocycles. The predicted molar refractivity (Wildman–Crippen MR) is 158 cm³/mol. The SMILES string of the molecule is CC(C)[C@H]1COc2ccccc2C(=O)N[C@H](C(=O)N2C[C@@H](C)O[C@@H](C)C2)CCC(=O)N(Cc2ccccc2)CC(=O)N1. The van der Waals surface area contributed by atoms with Crippen molar-refractivity contribution in [2.24, 2.45) is 5.92 Å². The zero-order valence-electron chi connectivity index (χ0n) is 24.9. The van der Waals surface area contributed by atoms with Gasteiger partial charge in [0.25, 0.3) is 5.91 Å². The van der Waals surface area contributed by atoms with E-state index in [1.54, 1.807) is 29.2 Å². The Kier molecular flexibility index (Phi) is 10.6. The lowest BCUT2D eigenvalue weighted by atomic mass is 10.1. The first-order valence-electron chi connectivity index (χ1n) is 14.7. The smallest absolute Gasteiger partial charge is 0.255 e. The standard InChI is InChI=1S/C32H42N4O6/c1-21(2)27-20-41-28-13-9-8-12-25(28)31(39)34-26(32(40)36-16-22(3)42-23(4)17-36)14-15-30(38)35(19-29(37)33-27)18-24-10-6-5-7-11-24/h5-13,21-23,26-27H,14-20H2,1-4H3,(H,33,37)(H,34,39)/t22-,23+,26-,27+/m0/s1. The molecule has 2 aliphatic heterocycles. The third-order valence-electron chi connectivity index (χ3n) is 7.59. The molecule has 4 atom stereocenters. The molecule has 4 amide bonds. The van der Waals surface area contributed by atoms with Crippen molar-refractivity contribution in [2.75, 3.05) is 26.2 Å². The maximum Gasteiger partial charge on any atom is 0.255 e. The van der Waals surface area contributed by atoms with Crippen molar-refractivity contribution >= 4 is 23.6 Å². The second-order valence-electron chi connectivity index (χ2n) is 11.5. The summed E-state index contributed by atoms with van der Waals surface area (Å²) in [6, 6.07) is 15.0. The molecule has 1 fully saturated rings. The van der Waals surface area contributed by atoms with Crippen LogP contribution in [-0.4, -0.2) is 84.0 Å². The fourth-order valence-corrected chi connectivity index (χ4v) is 5.32. The quantitative estimate of drug-likeness (QED) is 0.576. The molecule has 0 saturated carbocycles. The van der Waals surface area contributed by atoms with Crippen molar-refractivity contribution < 1.29 is 28.7 Å². The number of benzene rings is 2. The number of carbonyl (C=O) groups excluding carboxylic acids is 4. The van der Waals surface area contributed by atoms with Gasteiger partial charge in [-0.1, -0.05) is 56.3 Å². The van der Waals surface area contributed by atoms with Gasteiger partial charge in [-0.25, -0.2) is 0 Å². The molecule has 1 saturated heterocycles. The van der Waals surface area contributed by atoms with Crippen LogP contribution in [0.2, 0.25) is 0 Å². The van der Waals surface area contributed by atoms with Crippen LogP contribution < -0.4 is 15.4 Å². The monoisotopic (exact) mass is 578 g/mol. The molecule has 226 valence electrons. The first-order valence-corrected chi connectivity index (χ1v) is 14.7. The number of carbonyl (C=O) groups is 4. The van der Waals surface area contributed by atoms with Crippen LogP contribution in [0.3, 0.4) is 0 Å². The van der Waals surface area contributed by atoms with Crippen LogP contribution in [0.25, 0.3) is 0 Å². The van der Waals surface area contributed by atoms with E-state index in [9.17, 15) is 19.2 Å². The number of hydrogen-bond donors (Lipinski definition) is 2. The number of nitrogens with zero attached hydrogens (tertiary/aromatic N) is 2. The Morgan fingerprint density at radius 1 is 0.952 bits per heavy atom. The molecule has 0 bridgehead atoms. The lowest BCUT2D eigenvalue weighted by Crippen LogP contribution is -2.55. The van der Waals surface area contributed by atoms with E-state index in [1.807, 2.05) is 58.0 Å². The summed E-state index contributed by atoms with van der Waals surface area (Å²) in [6.07, 6.45) is -0.257. The van der Waals surface area contributed by atoms with E-state index in [1.165, 1.54) is 4.90 Å². The Balaban J connectivity index is 1.65. The minimum Gasteiger partial charge on any atom is -0.491 e. The molecule has 42 heavy (non-hydrogen) atoms. The van der Waals surface area contributed by atoms with Crippen molar-refractivity contribution in [1.82, 2.24) is 20.4 Å². The van der Waals surface area contributed by atoms with Gasteiger partial charge in [-0.3, -0.25) is 19.2 Å². The molecular formula is C32H42N4O6. The van der Waals surface area contributed by atoms with Gasteiger partial charge in [-0.15, -0.1) is 0 Å². The van der Waals surface area contributed by atoms with E-state index < -0.39 is 11.9 Å². The molecule has 2 aromatic rings. The number of morpholine rings is 1. The third-order valence-corrected chi connectivity index (χ3v) is 7.59. The number of nitrogens with one attached hydrogen (secondary N) is 2. The molecule has 10 nitrogen and oxygen atoms in total. The Morgan fingerprint density at radius 3 is 2.31 bits per heavy atom. The van der Waals surface area contributed by atoms with E-state index in [2.05, 4.69) is 10.6 Å². The summed E-state index contributed by atoms with van der Waals surface area (Å²) in [7, 11) is 0. The third kappa shape index (κ3) is 8.31. The number of amides is 4. The fraction of sp³-hybridized carbons (Fsp3) is 0.500. The van der Waals surface area contributed by atoms with Crippen LogP contribution in [0.1, 0.15) is 56.5 Å². The van der Waals surface area contributed by atoms with E-state index in [4.69, 9.17) is 9.47 Å². The lowest BCUT2D eigenvalue weighted by molar-refractivity contribution is -0.145. The average molecular weight is 579 g/mol. The second kappa shape index (κ2) is 14.3. The van der Waals surface area contributed by atoms with Crippen LogP contribution >= 0.6 is 0 Å². The van der Waals surface area contributed by atoms with Crippen molar-refractivity contribution in [3.8, 4) is 5.75 Å². The van der Waals surface area contributed by atoms with Gasteiger partial charge in [-0.05, 0) is 43.9 Å². The predicted octanol–water partition coefficient (Wildman–Crippen LogP) is 2.76. The summed E-state index contributed by atoms with van der Waals surface area (Å²) >= 11 is 0. The Bertz CT molecular complexity index is 1240. The minimum atomic E-state index is -0.951. The van der Waals surface area contributed by atoms with Gasteiger partial charge in [0.15, 0.2) is 0 Å². The molecule has 2 N–H and O–H groups in total. The van der Waals surface area contributed by atoms with Crippen molar-refractivity contribution in [1.29, 1.82) is 0 Å². The molecule has 0 aromatic heterocycles. The van der Waals surface area contributed by atoms with Gasteiger partial charge >= 0.3 is 0 Å². The van der Waals surface area contributed by atoms with Gasteiger partial charge in [0.1, 0.15) is 18.4 Å². The lowest BCUT2D eigenvalue weighted by Gasteiger charge is -2.37. The maximum absolute atomic E-state index is 13.8. The van der Waals surface area contributed by atoms with Crippen molar-refractivity contribution in [3.05, 3.63) is 65.7 Å². The summed E-state index contributed by atoms with van der Waals surface area (Å²) < 4.78 is 11.9. The highest BCUT2D eigenvalue weighted by Gasteiger charge is 2.33. The maximum atomic E-state index is 13.8. The fourth-order valence-electron chi connectivity index (χ4n) is 5.32. The van der Waals surface area contributed by atoms with Crippen LogP contribution in [0.5, 0.6) is 5.75 Å². The highest BCUT2D eigenvalue weighted by Crippen LogP contribution is 2.21. The molecule has 4 rings (SSSR count). The molecule has 2 heterocycles. The van der Waals surface area contributed by atoms with E-state index in [0.29, 0.717) is 18.8 Å².